The Bertz CT molecular complexity index is 352. The van der Waals surface area contributed by atoms with E-state index in [4.69, 9.17) is 5.11 Å². The number of nitrogens with zero attached hydrogens (tertiary/aromatic N) is 1. The van der Waals surface area contributed by atoms with E-state index in [1.54, 1.807) is 12.4 Å². The summed E-state index contributed by atoms with van der Waals surface area (Å²) >= 11 is 0. The molecule has 0 saturated carbocycles. The van der Waals surface area contributed by atoms with Crippen molar-refractivity contribution in [3.05, 3.63) is 30.1 Å². The summed E-state index contributed by atoms with van der Waals surface area (Å²) in [6, 6.07) is 3.63. The summed E-state index contributed by atoms with van der Waals surface area (Å²) < 4.78 is 0. The minimum Gasteiger partial charge on any atom is -0.481 e. The van der Waals surface area contributed by atoms with Gasteiger partial charge >= 0.3 is 5.97 Å². The molecular formula is C11H14N2O3. The summed E-state index contributed by atoms with van der Waals surface area (Å²) in [7, 11) is 0. The molecule has 86 valence electrons. The maximum absolute atomic E-state index is 11.3. The number of rotatable bonds is 6. The van der Waals surface area contributed by atoms with Gasteiger partial charge in [0, 0.05) is 31.8 Å². The number of carboxylic acid groups (broad SMARTS) is 1. The maximum atomic E-state index is 11.3. The first-order valence-electron chi connectivity index (χ1n) is 5.06. The quantitative estimate of drug-likeness (QED) is 0.751. The van der Waals surface area contributed by atoms with Crippen LogP contribution in [-0.2, 0) is 16.1 Å². The van der Waals surface area contributed by atoms with Gasteiger partial charge in [0.15, 0.2) is 0 Å². The number of amides is 1. The molecule has 1 amide bonds. The standard InChI is InChI=1S/C11H14N2O3/c14-10(2-1-3-11(15)16)13-8-9-4-6-12-7-5-9/h4-7H,1-3,8H2,(H,13,14)(H,15,16). The molecule has 1 heterocycles. The molecule has 2 N–H and O–H groups in total. The van der Waals surface area contributed by atoms with Crippen LogP contribution in [0, 0.1) is 0 Å². The lowest BCUT2D eigenvalue weighted by atomic mass is 10.2. The molecule has 0 aromatic carbocycles. The van der Waals surface area contributed by atoms with Crippen molar-refractivity contribution in [3.8, 4) is 0 Å². The first-order valence-corrected chi connectivity index (χ1v) is 5.06. The molecule has 1 aromatic rings. The highest BCUT2D eigenvalue weighted by Crippen LogP contribution is 1.98. The first kappa shape index (κ1) is 12.2. The SMILES string of the molecule is O=C(O)CCCC(=O)NCc1ccncc1. The van der Waals surface area contributed by atoms with Gasteiger partial charge in [0.05, 0.1) is 0 Å². The number of nitrogens with one attached hydrogen (secondary N) is 1. The van der Waals surface area contributed by atoms with Gasteiger partial charge in [-0.05, 0) is 24.1 Å². The van der Waals surface area contributed by atoms with E-state index in [9.17, 15) is 9.59 Å². The minimum absolute atomic E-state index is 0.0304. The largest absolute Gasteiger partial charge is 0.481 e. The molecule has 0 saturated heterocycles. The summed E-state index contributed by atoms with van der Waals surface area (Å²) in [4.78, 5) is 25.4. The zero-order valence-electron chi connectivity index (χ0n) is 8.85. The highest BCUT2D eigenvalue weighted by atomic mass is 16.4. The molecule has 0 aliphatic rings. The lowest BCUT2D eigenvalue weighted by Gasteiger charge is -2.04. The molecule has 0 unspecified atom stereocenters. The maximum Gasteiger partial charge on any atom is 0.303 e. The fourth-order valence-electron chi connectivity index (χ4n) is 1.19. The second kappa shape index (κ2) is 6.55. The molecule has 0 aliphatic carbocycles. The lowest BCUT2D eigenvalue weighted by Crippen LogP contribution is -2.22. The summed E-state index contributed by atoms with van der Waals surface area (Å²) in [5.74, 6) is -1.00. The Hall–Kier alpha value is -1.91. The van der Waals surface area contributed by atoms with Crippen LogP contribution in [0.5, 0.6) is 0 Å². The van der Waals surface area contributed by atoms with E-state index >= 15 is 0 Å². The number of hydrogen-bond acceptors (Lipinski definition) is 3. The molecular weight excluding hydrogens is 208 g/mol. The van der Waals surface area contributed by atoms with Crippen molar-refractivity contribution in [1.29, 1.82) is 0 Å². The molecule has 16 heavy (non-hydrogen) atoms. The van der Waals surface area contributed by atoms with Crippen LogP contribution in [0.2, 0.25) is 0 Å². The monoisotopic (exact) mass is 222 g/mol. The third-order valence-corrected chi connectivity index (χ3v) is 2.03. The predicted octanol–water partition coefficient (Wildman–Crippen LogP) is 0.953. The van der Waals surface area contributed by atoms with Gasteiger partial charge in [-0.1, -0.05) is 0 Å². The Labute approximate surface area is 93.5 Å². The van der Waals surface area contributed by atoms with Crippen molar-refractivity contribution in [2.24, 2.45) is 0 Å². The fourth-order valence-corrected chi connectivity index (χ4v) is 1.19. The number of aromatic nitrogens is 1. The van der Waals surface area contributed by atoms with E-state index in [-0.39, 0.29) is 18.7 Å². The van der Waals surface area contributed by atoms with Gasteiger partial charge in [-0.3, -0.25) is 14.6 Å². The van der Waals surface area contributed by atoms with Crippen LogP contribution in [-0.4, -0.2) is 22.0 Å². The highest BCUT2D eigenvalue weighted by molar-refractivity contribution is 5.76. The Kier molecular flexibility index (Phi) is 4.98. The fraction of sp³-hybridized carbons (Fsp3) is 0.364. The van der Waals surface area contributed by atoms with Crippen molar-refractivity contribution >= 4 is 11.9 Å². The summed E-state index contributed by atoms with van der Waals surface area (Å²) in [6.07, 6.45) is 3.97. The van der Waals surface area contributed by atoms with E-state index in [0.717, 1.165) is 5.56 Å². The lowest BCUT2D eigenvalue weighted by molar-refractivity contribution is -0.137. The third-order valence-electron chi connectivity index (χ3n) is 2.03. The molecule has 1 rings (SSSR count). The van der Waals surface area contributed by atoms with E-state index in [0.29, 0.717) is 13.0 Å². The summed E-state index contributed by atoms with van der Waals surface area (Å²) in [6.45, 7) is 0.453. The zero-order valence-corrected chi connectivity index (χ0v) is 8.85. The molecule has 0 bridgehead atoms. The van der Waals surface area contributed by atoms with Gasteiger partial charge in [0.2, 0.25) is 5.91 Å². The number of carbonyl (C=O) groups is 2. The van der Waals surface area contributed by atoms with E-state index in [1.165, 1.54) is 0 Å². The Morgan fingerprint density at radius 3 is 2.56 bits per heavy atom. The van der Waals surface area contributed by atoms with Gasteiger partial charge in [-0.25, -0.2) is 0 Å². The van der Waals surface area contributed by atoms with Crippen molar-refractivity contribution < 1.29 is 14.7 Å². The van der Waals surface area contributed by atoms with Crippen LogP contribution in [0.3, 0.4) is 0 Å². The topological polar surface area (TPSA) is 79.3 Å². The second-order valence-electron chi connectivity index (χ2n) is 3.38. The number of carbonyl (C=O) groups excluding carboxylic acids is 1. The average Bonchev–Trinajstić information content (AvgIpc) is 2.27. The average molecular weight is 222 g/mol. The van der Waals surface area contributed by atoms with Crippen molar-refractivity contribution in [1.82, 2.24) is 10.3 Å². The Balaban J connectivity index is 2.18. The molecule has 0 atom stereocenters. The summed E-state index contributed by atoms with van der Waals surface area (Å²) in [5.41, 5.74) is 0.974. The predicted molar refractivity (Wildman–Crippen MR) is 57.6 cm³/mol. The Morgan fingerprint density at radius 1 is 1.25 bits per heavy atom. The van der Waals surface area contributed by atoms with Gasteiger partial charge in [-0.15, -0.1) is 0 Å². The van der Waals surface area contributed by atoms with Crippen LogP contribution in [0.1, 0.15) is 24.8 Å². The normalized spacial score (nSPS) is 9.75. The van der Waals surface area contributed by atoms with E-state index in [1.807, 2.05) is 12.1 Å². The second-order valence-corrected chi connectivity index (χ2v) is 3.38. The number of aliphatic carboxylic acids is 1. The smallest absolute Gasteiger partial charge is 0.303 e. The number of carboxylic acids is 1. The van der Waals surface area contributed by atoms with Gasteiger partial charge in [-0.2, -0.15) is 0 Å². The number of pyridine rings is 1. The molecule has 0 radical (unpaired) electrons. The van der Waals surface area contributed by atoms with Crippen LogP contribution >= 0.6 is 0 Å². The molecule has 1 aromatic heterocycles. The van der Waals surface area contributed by atoms with Crippen LogP contribution in [0.4, 0.5) is 0 Å². The van der Waals surface area contributed by atoms with E-state index in [2.05, 4.69) is 10.3 Å². The third kappa shape index (κ3) is 5.09. The van der Waals surface area contributed by atoms with Crippen LogP contribution in [0.15, 0.2) is 24.5 Å². The molecule has 0 aliphatic heterocycles. The van der Waals surface area contributed by atoms with Crippen LogP contribution in [0.25, 0.3) is 0 Å². The van der Waals surface area contributed by atoms with Crippen molar-refractivity contribution in [3.63, 3.8) is 0 Å². The minimum atomic E-state index is -0.873. The van der Waals surface area contributed by atoms with Crippen LogP contribution < -0.4 is 5.32 Å². The molecule has 5 heteroatoms. The van der Waals surface area contributed by atoms with Crippen molar-refractivity contribution in [2.75, 3.05) is 0 Å². The Morgan fingerprint density at radius 2 is 1.94 bits per heavy atom. The van der Waals surface area contributed by atoms with Gasteiger partial charge in [0.25, 0.3) is 0 Å². The molecule has 5 nitrogen and oxygen atoms in total. The first-order chi connectivity index (χ1) is 7.68. The van der Waals surface area contributed by atoms with Gasteiger partial charge in [0.1, 0.15) is 0 Å². The van der Waals surface area contributed by atoms with Crippen molar-refractivity contribution in [2.45, 2.75) is 25.8 Å². The van der Waals surface area contributed by atoms with E-state index < -0.39 is 5.97 Å². The number of hydrogen-bond donors (Lipinski definition) is 2. The van der Waals surface area contributed by atoms with Gasteiger partial charge < -0.3 is 10.4 Å². The summed E-state index contributed by atoms with van der Waals surface area (Å²) in [5, 5.41) is 11.1. The zero-order chi connectivity index (χ0) is 11.8. The molecule has 0 fully saturated rings. The highest BCUT2D eigenvalue weighted by Gasteiger charge is 2.03. The molecule has 0 spiro atoms.